The Bertz CT molecular complexity index is 1190. The topological polar surface area (TPSA) is 78.4 Å². The zero-order chi connectivity index (χ0) is 24.6. The van der Waals surface area contributed by atoms with Crippen LogP contribution in [0.2, 0.25) is 0 Å². The Morgan fingerprint density at radius 1 is 1.17 bits per heavy atom. The first kappa shape index (κ1) is 24.1. The molecule has 0 radical (unpaired) electrons. The molecule has 186 valence electrons. The van der Waals surface area contributed by atoms with Gasteiger partial charge in [0.2, 0.25) is 0 Å². The summed E-state index contributed by atoms with van der Waals surface area (Å²) in [4.78, 5) is 23.4. The van der Waals surface area contributed by atoms with Crippen LogP contribution in [0.3, 0.4) is 0 Å². The Kier molecular flexibility index (Phi) is 6.54. The summed E-state index contributed by atoms with van der Waals surface area (Å²) in [5, 5.41) is 16.9. The van der Waals surface area contributed by atoms with Crippen LogP contribution in [0.25, 0.3) is 10.9 Å². The van der Waals surface area contributed by atoms with Crippen LogP contribution in [0.1, 0.15) is 42.7 Å². The van der Waals surface area contributed by atoms with E-state index in [0.717, 1.165) is 43.1 Å². The molecule has 3 heterocycles. The van der Waals surface area contributed by atoms with Gasteiger partial charge in [-0.1, -0.05) is 0 Å². The fourth-order valence-corrected chi connectivity index (χ4v) is 6.01. The van der Waals surface area contributed by atoms with E-state index in [0.29, 0.717) is 41.9 Å². The monoisotopic (exact) mass is 504 g/mol. The van der Waals surface area contributed by atoms with Gasteiger partial charge in [0.05, 0.1) is 17.6 Å². The molecular formula is C25H27F3N4O2S. The molecule has 0 amide bonds. The number of nitrogens with zero attached hydrogens (tertiary/aromatic N) is 3. The van der Waals surface area contributed by atoms with Crippen molar-refractivity contribution in [3.8, 4) is 0 Å². The van der Waals surface area contributed by atoms with Gasteiger partial charge in [-0.3, -0.25) is 14.7 Å². The molecule has 0 atom stereocenters. The maximum Gasteiger partial charge on any atom is 0.416 e. The molecule has 1 saturated heterocycles. The molecule has 2 fully saturated rings. The zero-order valence-electron chi connectivity index (χ0n) is 19.1. The van der Waals surface area contributed by atoms with Crippen LogP contribution >= 0.6 is 11.3 Å². The number of pyridine rings is 1. The standard InChI is InChI=1S/C25H27F3N4O2S/c26-25(27,28)17-1-2-21-20(12-17)22(5-8-29-21)31-13-19(33)11-16-14-32(15-16)18-3-6-24(34,7-4-18)23-30-9-10-35-23/h1-2,5,8-10,12,16,18,34H,3-4,6-7,11,13-15H2,(H,29,31). The number of carbonyl (C=O) groups is 1. The van der Waals surface area contributed by atoms with Crippen molar-refractivity contribution in [3.05, 3.63) is 52.6 Å². The Labute approximate surface area is 205 Å². The second-order valence-electron chi connectivity index (χ2n) is 9.60. The second kappa shape index (κ2) is 9.48. The van der Waals surface area contributed by atoms with Gasteiger partial charge < -0.3 is 10.4 Å². The average Bonchev–Trinajstić information content (AvgIpc) is 3.36. The third kappa shape index (κ3) is 5.19. The Morgan fingerprint density at radius 2 is 1.94 bits per heavy atom. The van der Waals surface area contributed by atoms with Crippen LogP contribution in [0.4, 0.5) is 18.9 Å². The number of ketones is 1. The fourth-order valence-electron chi connectivity index (χ4n) is 5.21. The lowest BCUT2D eigenvalue weighted by Gasteiger charge is -2.47. The first-order valence-corrected chi connectivity index (χ1v) is 12.7. The fraction of sp³-hybridized carbons (Fsp3) is 0.480. The number of hydrogen-bond donors (Lipinski definition) is 2. The van der Waals surface area contributed by atoms with E-state index in [1.165, 1.54) is 23.6 Å². The van der Waals surface area contributed by atoms with Crippen molar-refractivity contribution in [3.63, 3.8) is 0 Å². The maximum atomic E-state index is 13.1. The van der Waals surface area contributed by atoms with Crippen LogP contribution in [0, 0.1) is 5.92 Å². The highest BCUT2D eigenvalue weighted by Gasteiger charge is 2.41. The van der Waals surface area contributed by atoms with Gasteiger partial charge >= 0.3 is 6.18 Å². The smallest absolute Gasteiger partial charge is 0.383 e. The number of anilines is 1. The van der Waals surface area contributed by atoms with E-state index in [1.807, 2.05) is 5.38 Å². The summed E-state index contributed by atoms with van der Waals surface area (Å²) in [5.74, 6) is 0.323. The van der Waals surface area contributed by atoms with Crippen LogP contribution in [-0.4, -0.2) is 51.4 Å². The van der Waals surface area contributed by atoms with E-state index in [1.54, 1.807) is 12.3 Å². The molecule has 3 aromatic rings. The number of alkyl halides is 3. The van der Waals surface area contributed by atoms with E-state index in [2.05, 4.69) is 20.2 Å². The van der Waals surface area contributed by atoms with E-state index < -0.39 is 17.3 Å². The summed E-state index contributed by atoms with van der Waals surface area (Å²) in [7, 11) is 0. The number of likely N-dealkylation sites (tertiary alicyclic amines) is 1. The lowest BCUT2D eigenvalue weighted by Crippen LogP contribution is -2.54. The molecule has 1 aliphatic heterocycles. The predicted octanol–water partition coefficient (Wildman–Crippen LogP) is 4.84. The van der Waals surface area contributed by atoms with Gasteiger partial charge in [0.25, 0.3) is 0 Å². The van der Waals surface area contributed by atoms with Gasteiger partial charge in [0.15, 0.2) is 5.78 Å². The number of carbonyl (C=O) groups excluding carboxylic acids is 1. The van der Waals surface area contributed by atoms with E-state index in [4.69, 9.17) is 0 Å². The number of Topliss-reactive ketones (excluding diaryl/α,β-unsaturated/α-hetero) is 1. The molecule has 0 spiro atoms. The van der Waals surface area contributed by atoms with Crippen molar-refractivity contribution in [1.82, 2.24) is 14.9 Å². The summed E-state index contributed by atoms with van der Waals surface area (Å²) in [5.41, 5.74) is -0.636. The van der Waals surface area contributed by atoms with Crippen molar-refractivity contribution >= 4 is 33.7 Å². The molecule has 1 saturated carbocycles. The highest BCUT2D eigenvalue weighted by atomic mass is 32.1. The largest absolute Gasteiger partial charge is 0.416 e. The van der Waals surface area contributed by atoms with Crippen LogP contribution in [0.15, 0.2) is 42.0 Å². The first-order valence-electron chi connectivity index (χ1n) is 11.8. The SMILES string of the molecule is O=C(CNc1ccnc2ccc(C(F)(F)F)cc12)CC1CN(C2CCC(O)(c3nccs3)CC2)C1. The highest BCUT2D eigenvalue weighted by molar-refractivity contribution is 7.09. The summed E-state index contributed by atoms with van der Waals surface area (Å²) in [6.07, 6.45) is 2.47. The van der Waals surface area contributed by atoms with Gasteiger partial charge in [-0.25, -0.2) is 4.98 Å². The molecule has 1 aromatic carbocycles. The quantitative estimate of drug-likeness (QED) is 0.479. The number of aromatic nitrogens is 2. The van der Waals surface area contributed by atoms with E-state index >= 15 is 0 Å². The van der Waals surface area contributed by atoms with Crippen molar-refractivity contribution in [2.45, 2.75) is 49.9 Å². The summed E-state index contributed by atoms with van der Waals surface area (Å²) < 4.78 is 39.3. The Morgan fingerprint density at radius 3 is 2.63 bits per heavy atom. The third-order valence-electron chi connectivity index (χ3n) is 7.18. The van der Waals surface area contributed by atoms with Gasteiger partial charge in [0.1, 0.15) is 10.6 Å². The van der Waals surface area contributed by atoms with Crippen molar-refractivity contribution in [2.75, 3.05) is 25.0 Å². The molecule has 0 unspecified atom stereocenters. The van der Waals surface area contributed by atoms with Gasteiger partial charge in [0, 0.05) is 54.4 Å². The molecule has 5 rings (SSSR count). The average molecular weight is 505 g/mol. The highest BCUT2D eigenvalue weighted by Crippen LogP contribution is 2.41. The van der Waals surface area contributed by atoms with Crippen molar-refractivity contribution in [1.29, 1.82) is 0 Å². The molecule has 0 bridgehead atoms. The number of benzene rings is 1. The van der Waals surface area contributed by atoms with Crippen LogP contribution < -0.4 is 5.32 Å². The molecule has 35 heavy (non-hydrogen) atoms. The molecule has 2 aromatic heterocycles. The van der Waals surface area contributed by atoms with Crippen molar-refractivity contribution < 1.29 is 23.1 Å². The zero-order valence-corrected chi connectivity index (χ0v) is 19.9. The van der Waals surface area contributed by atoms with Crippen molar-refractivity contribution in [2.24, 2.45) is 5.92 Å². The molecule has 10 heteroatoms. The Hall–Kier alpha value is -2.56. The number of fused-ring (bicyclic) bond motifs is 1. The minimum atomic E-state index is -4.44. The van der Waals surface area contributed by atoms with Gasteiger partial charge in [-0.05, 0) is 55.9 Å². The number of rotatable bonds is 7. The number of thiazole rings is 1. The van der Waals surface area contributed by atoms with E-state index in [9.17, 15) is 23.1 Å². The Balaban J connectivity index is 1.10. The number of nitrogens with one attached hydrogen (secondary N) is 1. The van der Waals surface area contributed by atoms with Crippen LogP contribution in [-0.2, 0) is 16.6 Å². The molecular weight excluding hydrogens is 477 g/mol. The second-order valence-corrected chi connectivity index (χ2v) is 10.5. The maximum absolute atomic E-state index is 13.1. The van der Waals surface area contributed by atoms with Gasteiger partial charge in [-0.2, -0.15) is 13.2 Å². The van der Waals surface area contributed by atoms with E-state index in [-0.39, 0.29) is 18.2 Å². The normalized spacial score (nSPS) is 23.8. The van der Waals surface area contributed by atoms with Gasteiger partial charge in [-0.15, -0.1) is 11.3 Å². The number of halogens is 3. The lowest BCUT2D eigenvalue weighted by atomic mass is 9.80. The third-order valence-corrected chi connectivity index (χ3v) is 8.14. The summed E-state index contributed by atoms with van der Waals surface area (Å²) in [6, 6.07) is 5.44. The molecule has 1 aliphatic carbocycles. The van der Waals surface area contributed by atoms with Crippen LogP contribution in [0.5, 0.6) is 0 Å². The molecule has 2 aliphatic rings. The summed E-state index contributed by atoms with van der Waals surface area (Å²) in [6.45, 7) is 1.79. The molecule has 2 N–H and O–H groups in total. The lowest BCUT2D eigenvalue weighted by molar-refractivity contribution is -0.137. The predicted molar refractivity (Wildman–Crippen MR) is 128 cm³/mol. The minimum Gasteiger partial charge on any atom is -0.383 e. The first-order chi connectivity index (χ1) is 16.7. The number of aliphatic hydroxyl groups is 1. The molecule has 6 nitrogen and oxygen atoms in total. The number of hydrogen-bond acceptors (Lipinski definition) is 7. The minimum absolute atomic E-state index is 0.0355. The summed E-state index contributed by atoms with van der Waals surface area (Å²) >= 11 is 1.50.